The Morgan fingerprint density at radius 1 is 1.07 bits per heavy atom. The van der Waals surface area contributed by atoms with E-state index in [0.717, 1.165) is 19.4 Å². The van der Waals surface area contributed by atoms with Crippen LogP contribution in [0, 0.1) is 11.3 Å². The maximum Gasteiger partial charge on any atom is 0.490 e. The Labute approximate surface area is 170 Å². The minimum Gasteiger partial charge on any atom is -0.475 e. The number of hydrogen-bond acceptors (Lipinski definition) is 5. The smallest absolute Gasteiger partial charge is 0.475 e. The number of hydrogen-bond donors (Lipinski definition) is 2. The topological polar surface area (TPSA) is 114 Å². The molecule has 8 nitrogen and oxygen atoms in total. The van der Waals surface area contributed by atoms with Gasteiger partial charge in [-0.3, -0.25) is 9.59 Å². The van der Waals surface area contributed by atoms with E-state index in [9.17, 15) is 22.8 Å². The molecule has 2 heterocycles. The number of alkyl halides is 3. The molecule has 0 bridgehead atoms. The molecule has 0 radical (unpaired) electrons. The number of carboxylic acid groups (broad SMARTS) is 1. The fourth-order valence-corrected chi connectivity index (χ4v) is 3.12. The van der Waals surface area contributed by atoms with Gasteiger partial charge in [0.05, 0.1) is 17.7 Å². The van der Waals surface area contributed by atoms with Crippen LogP contribution < -0.4 is 5.32 Å². The first-order chi connectivity index (χ1) is 14.1. The van der Waals surface area contributed by atoms with E-state index in [1.54, 1.807) is 29.2 Å². The Balaban J connectivity index is 0.000000396. The first-order valence-corrected chi connectivity index (χ1v) is 9.25. The van der Waals surface area contributed by atoms with Crippen molar-refractivity contribution < 1.29 is 32.7 Å². The molecule has 0 aliphatic carbocycles. The minimum atomic E-state index is -5.08. The van der Waals surface area contributed by atoms with Crippen molar-refractivity contribution in [3.8, 4) is 6.07 Å². The van der Waals surface area contributed by atoms with E-state index in [0.29, 0.717) is 37.3 Å². The highest BCUT2D eigenvalue weighted by atomic mass is 19.4. The van der Waals surface area contributed by atoms with Gasteiger partial charge in [0.1, 0.15) is 0 Å². The molecule has 2 amide bonds. The molecule has 2 saturated heterocycles. The van der Waals surface area contributed by atoms with E-state index in [1.807, 2.05) is 11.0 Å². The molecule has 0 aromatic heterocycles. The molecule has 1 atom stereocenters. The summed E-state index contributed by atoms with van der Waals surface area (Å²) in [4.78, 5) is 37.3. The first-order valence-electron chi connectivity index (χ1n) is 9.25. The largest absolute Gasteiger partial charge is 0.490 e. The Bertz CT molecular complexity index is 807. The fraction of sp³-hybridized carbons (Fsp3) is 0.474. The van der Waals surface area contributed by atoms with E-state index in [-0.39, 0.29) is 17.9 Å². The summed E-state index contributed by atoms with van der Waals surface area (Å²) in [5.41, 5.74) is 1.13. The minimum absolute atomic E-state index is 0.0411. The average Bonchev–Trinajstić information content (AvgIpc) is 3.27. The lowest BCUT2D eigenvalue weighted by Crippen LogP contribution is -2.54. The first kappa shape index (κ1) is 23.2. The second-order valence-corrected chi connectivity index (χ2v) is 6.76. The molecule has 1 unspecified atom stereocenters. The van der Waals surface area contributed by atoms with Gasteiger partial charge in [0.25, 0.3) is 5.91 Å². The van der Waals surface area contributed by atoms with E-state index < -0.39 is 12.1 Å². The zero-order chi connectivity index (χ0) is 22.3. The monoisotopic (exact) mass is 426 g/mol. The number of nitriles is 1. The molecule has 11 heteroatoms. The van der Waals surface area contributed by atoms with Gasteiger partial charge < -0.3 is 20.2 Å². The van der Waals surface area contributed by atoms with Crippen molar-refractivity contribution in [3.05, 3.63) is 35.4 Å². The van der Waals surface area contributed by atoms with Crippen LogP contribution in [0.5, 0.6) is 0 Å². The summed E-state index contributed by atoms with van der Waals surface area (Å²) in [5, 5.41) is 19.2. The normalized spacial score (nSPS) is 18.8. The molecule has 2 fully saturated rings. The second-order valence-electron chi connectivity index (χ2n) is 6.76. The predicted molar refractivity (Wildman–Crippen MR) is 98.4 cm³/mol. The summed E-state index contributed by atoms with van der Waals surface area (Å²) in [5.74, 6) is -2.64. The van der Waals surface area contributed by atoms with Crippen molar-refractivity contribution in [2.24, 2.45) is 0 Å². The van der Waals surface area contributed by atoms with Crippen LogP contribution in [-0.4, -0.2) is 77.6 Å². The molecule has 1 aromatic carbocycles. The average molecular weight is 426 g/mol. The summed E-state index contributed by atoms with van der Waals surface area (Å²) in [6.45, 7) is 3.18. The number of amides is 2. The van der Waals surface area contributed by atoms with Crippen LogP contribution in [-0.2, 0) is 9.59 Å². The number of aliphatic carboxylic acids is 1. The van der Waals surface area contributed by atoms with Crippen molar-refractivity contribution in [3.63, 3.8) is 0 Å². The number of nitrogens with one attached hydrogen (secondary N) is 1. The summed E-state index contributed by atoms with van der Waals surface area (Å²) in [7, 11) is 0. The van der Waals surface area contributed by atoms with Crippen molar-refractivity contribution in [2.45, 2.75) is 25.1 Å². The highest BCUT2D eigenvalue weighted by Gasteiger charge is 2.38. The highest BCUT2D eigenvalue weighted by molar-refractivity contribution is 5.94. The zero-order valence-electron chi connectivity index (χ0n) is 16.0. The summed E-state index contributed by atoms with van der Waals surface area (Å²) < 4.78 is 31.7. The quantitative estimate of drug-likeness (QED) is 0.735. The van der Waals surface area contributed by atoms with Crippen LogP contribution in [0.1, 0.15) is 28.8 Å². The Kier molecular flexibility index (Phi) is 7.77. The number of halogens is 3. The lowest BCUT2D eigenvalue weighted by Gasteiger charge is -2.36. The number of piperazine rings is 1. The lowest BCUT2D eigenvalue weighted by atomic mass is 10.1. The fourth-order valence-electron chi connectivity index (χ4n) is 3.12. The third-order valence-corrected chi connectivity index (χ3v) is 4.74. The predicted octanol–water partition coefficient (Wildman–Crippen LogP) is 1.23. The van der Waals surface area contributed by atoms with Gasteiger partial charge in [-0.05, 0) is 43.7 Å². The molecule has 2 aliphatic heterocycles. The van der Waals surface area contributed by atoms with Gasteiger partial charge in [-0.25, -0.2) is 4.79 Å². The maximum absolute atomic E-state index is 12.5. The molecule has 2 N–H and O–H groups in total. The maximum atomic E-state index is 12.5. The van der Waals surface area contributed by atoms with E-state index in [4.69, 9.17) is 15.2 Å². The number of benzene rings is 1. The van der Waals surface area contributed by atoms with E-state index in [1.165, 1.54) is 0 Å². The van der Waals surface area contributed by atoms with Crippen LogP contribution in [0.15, 0.2) is 24.3 Å². The third-order valence-electron chi connectivity index (χ3n) is 4.74. The number of rotatable bonds is 2. The lowest BCUT2D eigenvalue weighted by molar-refractivity contribution is -0.192. The van der Waals surface area contributed by atoms with Crippen LogP contribution in [0.25, 0.3) is 0 Å². The highest BCUT2D eigenvalue weighted by Crippen LogP contribution is 2.14. The summed E-state index contributed by atoms with van der Waals surface area (Å²) >= 11 is 0. The van der Waals surface area contributed by atoms with Crippen molar-refractivity contribution in [1.29, 1.82) is 5.26 Å². The van der Waals surface area contributed by atoms with Crippen LogP contribution in [0.3, 0.4) is 0 Å². The molecule has 0 saturated carbocycles. The van der Waals surface area contributed by atoms with Crippen LogP contribution >= 0.6 is 0 Å². The van der Waals surface area contributed by atoms with Gasteiger partial charge in [0.2, 0.25) is 5.91 Å². The number of carbonyl (C=O) groups is 3. The number of nitrogens with zero attached hydrogens (tertiary/aromatic N) is 3. The Morgan fingerprint density at radius 3 is 2.03 bits per heavy atom. The number of carbonyl (C=O) groups excluding carboxylic acids is 2. The molecule has 30 heavy (non-hydrogen) atoms. The van der Waals surface area contributed by atoms with Crippen LogP contribution in [0.4, 0.5) is 13.2 Å². The number of carboxylic acids is 1. The van der Waals surface area contributed by atoms with Crippen molar-refractivity contribution in [2.75, 3.05) is 32.7 Å². The zero-order valence-corrected chi connectivity index (χ0v) is 16.0. The van der Waals surface area contributed by atoms with Gasteiger partial charge >= 0.3 is 12.1 Å². The SMILES string of the molecule is N#Cc1ccc(C(=O)N2CCN(C(=O)C3CCCN3)CC2)cc1.O=C(O)C(F)(F)F. The standard InChI is InChI=1S/C17H20N4O2.C2HF3O2/c18-12-13-3-5-14(6-4-13)16(22)20-8-10-21(11-9-20)17(23)15-2-1-7-19-15;3-2(4,5)1(6)7/h3-6,15,19H,1-2,7-11H2;(H,6,7). The van der Waals surface area contributed by atoms with Gasteiger partial charge in [-0.15, -0.1) is 0 Å². The van der Waals surface area contributed by atoms with Crippen LogP contribution in [0.2, 0.25) is 0 Å². The molecular formula is C19H21F3N4O4. The summed E-state index contributed by atoms with van der Waals surface area (Å²) in [6.07, 6.45) is -3.13. The molecule has 162 valence electrons. The third kappa shape index (κ3) is 6.18. The summed E-state index contributed by atoms with van der Waals surface area (Å²) in [6, 6.07) is 8.66. The molecule has 0 spiro atoms. The van der Waals surface area contributed by atoms with Crippen molar-refractivity contribution in [1.82, 2.24) is 15.1 Å². The Morgan fingerprint density at radius 2 is 1.60 bits per heavy atom. The molecule has 3 rings (SSSR count). The molecular weight excluding hydrogens is 405 g/mol. The van der Waals surface area contributed by atoms with Crippen molar-refractivity contribution >= 4 is 17.8 Å². The molecule has 1 aromatic rings. The van der Waals surface area contributed by atoms with Gasteiger partial charge in [0.15, 0.2) is 0 Å². The van der Waals surface area contributed by atoms with Gasteiger partial charge in [0, 0.05) is 31.7 Å². The van der Waals surface area contributed by atoms with Gasteiger partial charge in [-0.2, -0.15) is 18.4 Å². The van der Waals surface area contributed by atoms with Gasteiger partial charge in [-0.1, -0.05) is 0 Å². The Hall–Kier alpha value is -3.13. The molecule has 2 aliphatic rings. The van der Waals surface area contributed by atoms with E-state index >= 15 is 0 Å². The second kappa shape index (κ2) is 10.1. The van der Waals surface area contributed by atoms with E-state index in [2.05, 4.69) is 5.32 Å².